The van der Waals surface area contributed by atoms with E-state index in [1.165, 1.54) is 0 Å². The lowest BCUT2D eigenvalue weighted by Crippen LogP contribution is -2.14. The lowest BCUT2D eigenvalue weighted by molar-refractivity contribution is -0.270. The molecule has 3 nitrogen and oxygen atoms in total. The van der Waals surface area contributed by atoms with Crippen LogP contribution in [0, 0.1) is 0 Å². The smallest absolute Gasteiger partial charge is 0.116 e. The molecule has 1 aliphatic rings. The summed E-state index contributed by atoms with van der Waals surface area (Å²) in [5.41, 5.74) is 0.831. The zero-order valence-corrected chi connectivity index (χ0v) is 6.04. The van der Waals surface area contributed by atoms with Gasteiger partial charge < -0.3 is 4.74 Å². The number of rotatable bonds is 4. The second-order valence-corrected chi connectivity index (χ2v) is 2.63. The van der Waals surface area contributed by atoms with Gasteiger partial charge in [-0.1, -0.05) is 6.58 Å². The van der Waals surface area contributed by atoms with Gasteiger partial charge in [0.15, 0.2) is 0 Å². The van der Waals surface area contributed by atoms with Crippen molar-refractivity contribution in [1.29, 1.82) is 0 Å². The Morgan fingerprint density at radius 1 is 2.00 bits per heavy atom. The van der Waals surface area contributed by atoms with E-state index >= 15 is 0 Å². The molecule has 1 rings (SSSR count). The Hall–Kier alpha value is -0.380. The molecule has 0 saturated carbocycles. The van der Waals surface area contributed by atoms with Crippen molar-refractivity contribution in [3.8, 4) is 0 Å². The first kappa shape index (κ1) is 7.72. The van der Waals surface area contributed by atoms with E-state index in [2.05, 4.69) is 11.5 Å². The van der Waals surface area contributed by atoms with Gasteiger partial charge in [-0.15, -0.1) is 0 Å². The number of ether oxygens (including phenoxy) is 1. The van der Waals surface area contributed by atoms with Crippen LogP contribution in [0.3, 0.4) is 0 Å². The minimum atomic E-state index is -0.257. The van der Waals surface area contributed by atoms with Crippen molar-refractivity contribution in [2.75, 3.05) is 6.61 Å². The van der Waals surface area contributed by atoms with Crippen LogP contribution in [0.1, 0.15) is 13.3 Å². The second-order valence-electron chi connectivity index (χ2n) is 2.63. The summed E-state index contributed by atoms with van der Waals surface area (Å²) >= 11 is 0. The molecule has 0 aliphatic carbocycles. The molecule has 1 heterocycles. The third kappa shape index (κ3) is 2.10. The molecule has 2 unspecified atom stereocenters. The number of epoxide rings is 1. The number of hydrogen-bond acceptors (Lipinski definition) is 3. The van der Waals surface area contributed by atoms with Gasteiger partial charge in [-0.05, 0) is 12.5 Å². The molecule has 0 aromatic rings. The maximum atomic E-state index is 8.36. The van der Waals surface area contributed by atoms with E-state index in [9.17, 15) is 0 Å². The van der Waals surface area contributed by atoms with Crippen molar-refractivity contribution >= 4 is 0 Å². The van der Waals surface area contributed by atoms with Crippen LogP contribution in [0.4, 0.5) is 0 Å². The lowest BCUT2D eigenvalue weighted by atomic mass is 10.1. The highest BCUT2D eigenvalue weighted by Gasteiger charge is 2.27. The van der Waals surface area contributed by atoms with Crippen molar-refractivity contribution in [1.82, 2.24) is 0 Å². The average molecular weight is 144 g/mol. The molecule has 0 radical (unpaired) electrons. The topological polar surface area (TPSA) is 42.0 Å². The fourth-order valence-corrected chi connectivity index (χ4v) is 0.777. The standard InChI is InChI=1S/C7H12O3/c1-5(2)7(10-8)3-6-4-9-6/h6-8H,1,3-4H2,2H3. The van der Waals surface area contributed by atoms with Crippen LogP contribution in [0.2, 0.25) is 0 Å². The second kappa shape index (κ2) is 3.14. The van der Waals surface area contributed by atoms with Gasteiger partial charge in [0.1, 0.15) is 6.10 Å². The summed E-state index contributed by atoms with van der Waals surface area (Å²) in [6.07, 6.45) is 0.729. The van der Waals surface area contributed by atoms with Gasteiger partial charge in [-0.25, -0.2) is 4.89 Å². The molecule has 0 aromatic carbocycles. The molecule has 58 valence electrons. The molecule has 10 heavy (non-hydrogen) atoms. The molecule has 0 bridgehead atoms. The average Bonchev–Trinajstić information content (AvgIpc) is 2.64. The Kier molecular flexibility index (Phi) is 2.43. The third-order valence-corrected chi connectivity index (χ3v) is 1.56. The van der Waals surface area contributed by atoms with Crippen LogP contribution in [0.15, 0.2) is 12.2 Å². The van der Waals surface area contributed by atoms with Crippen LogP contribution < -0.4 is 0 Å². The molecule has 1 fully saturated rings. The Morgan fingerprint density at radius 2 is 2.60 bits per heavy atom. The Labute approximate surface area is 60.2 Å². The quantitative estimate of drug-likeness (QED) is 0.279. The van der Waals surface area contributed by atoms with E-state index in [0.717, 1.165) is 12.2 Å². The van der Waals surface area contributed by atoms with Gasteiger partial charge in [-0.2, -0.15) is 0 Å². The van der Waals surface area contributed by atoms with E-state index in [1.807, 2.05) is 6.92 Å². The molecular weight excluding hydrogens is 132 g/mol. The fourth-order valence-electron chi connectivity index (χ4n) is 0.777. The molecule has 3 heteroatoms. The summed E-state index contributed by atoms with van der Waals surface area (Å²) in [6, 6.07) is 0. The molecular formula is C7H12O3. The minimum Gasteiger partial charge on any atom is -0.373 e. The van der Waals surface area contributed by atoms with Gasteiger partial charge in [0.2, 0.25) is 0 Å². The van der Waals surface area contributed by atoms with Crippen molar-refractivity contribution in [2.45, 2.75) is 25.6 Å². The summed E-state index contributed by atoms with van der Waals surface area (Å²) in [7, 11) is 0. The van der Waals surface area contributed by atoms with Crippen molar-refractivity contribution in [3.63, 3.8) is 0 Å². The van der Waals surface area contributed by atoms with Crippen LogP contribution in [0.5, 0.6) is 0 Å². The van der Waals surface area contributed by atoms with Gasteiger partial charge in [0.05, 0.1) is 12.7 Å². The first-order chi connectivity index (χ1) is 4.74. The highest BCUT2D eigenvalue weighted by Crippen LogP contribution is 2.20. The predicted molar refractivity (Wildman–Crippen MR) is 36.7 cm³/mol. The SMILES string of the molecule is C=C(C)C(CC1CO1)OO. The van der Waals surface area contributed by atoms with E-state index in [0.29, 0.717) is 6.42 Å². The van der Waals surface area contributed by atoms with Crippen LogP contribution >= 0.6 is 0 Å². The Bertz CT molecular complexity index is 129. The molecule has 0 amide bonds. The predicted octanol–water partition coefficient (Wildman–Crippen LogP) is 1.21. The summed E-state index contributed by atoms with van der Waals surface area (Å²) in [5, 5.41) is 8.36. The Balaban J connectivity index is 2.24. The molecule has 1 N–H and O–H groups in total. The van der Waals surface area contributed by atoms with E-state index < -0.39 is 0 Å². The zero-order chi connectivity index (χ0) is 7.56. The van der Waals surface area contributed by atoms with Gasteiger partial charge in [-0.3, -0.25) is 5.26 Å². The summed E-state index contributed by atoms with van der Waals surface area (Å²) < 4.78 is 4.96. The highest BCUT2D eigenvalue weighted by molar-refractivity contribution is 4.99. The Morgan fingerprint density at radius 3 is 2.90 bits per heavy atom. The largest absolute Gasteiger partial charge is 0.373 e. The third-order valence-electron chi connectivity index (χ3n) is 1.56. The van der Waals surface area contributed by atoms with Crippen molar-refractivity contribution < 1.29 is 14.9 Å². The molecule has 0 aromatic heterocycles. The number of hydrogen-bond donors (Lipinski definition) is 1. The maximum Gasteiger partial charge on any atom is 0.116 e. The summed E-state index contributed by atoms with van der Waals surface area (Å²) in [6.45, 7) is 6.27. The first-order valence-electron chi connectivity index (χ1n) is 3.31. The normalized spacial score (nSPS) is 26.0. The fraction of sp³-hybridized carbons (Fsp3) is 0.714. The van der Waals surface area contributed by atoms with Crippen molar-refractivity contribution in [2.24, 2.45) is 0 Å². The molecule has 1 saturated heterocycles. The molecule has 0 spiro atoms. The van der Waals surface area contributed by atoms with E-state index in [1.54, 1.807) is 0 Å². The first-order valence-corrected chi connectivity index (χ1v) is 3.31. The zero-order valence-electron chi connectivity index (χ0n) is 6.04. The van der Waals surface area contributed by atoms with Crippen LogP contribution in [0.25, 0.3) is 0 Å². The highest BCUT2D eigenvalue weighted by atomic mass is 17.1. The van der Waals surface area contributed by atoms with Crippen molar-refractivity contribution in [3.05, 3.63) is 12.2 Å². The maximum absolute atomic E-state index is 8.36. The summed E-state index contributed by atoms with van der Waals surface area (Å²) in [5.74, 6) is 0. The summed E-state index contributed by atoms with van der Waals surface area (Å²) in [4.78, 5) is 4.18. The van der Waals surface area contributed by atoms with Gasteiger partial charge in [0.25, 0.3) is 0 Å². The lowest BCUT2D eigenvalue weighted by Gasteiger charge is -2.10. The monoisotopic (exact) mass is 144 g/mol. The molecule has 2 atom stereocenters. The minimum absolute atomic E-state index is 0.257. The van der Waals surface area contributed by atoms with Gasteiger partial charge in [0, 0.05) is 6.42 Å². The van der Waals surface area contributed by atoms with E-state index in [-0.39, 0.29) is 12.2 Å². The van der Waals surface area contributed by atoms with E-state index in [4.69, 9.17) is 9.99 Å². The molecule has 1 aliphatic heterocycles. The van der Waals surface area contributed by atoms with Gasteiger partial charge >= 0.3 is 0 Å². The van der Waals surface area contributed by atoms with Crippen LogP contribution in [-0.4, -0.2) is 24.1 Å². The van der Waals surface area contributed by atoms with Crippen LogP contribution in [-0.2, 0) is 9.62 Å².